The van der Waals surface area contributed by atoms with Gasteiger partial charge in [-0.2, -0.15) is 0 Å². The van der Waals surface area contributed by atoms with Crippen LogP contribution >= 0.6 is 0 Å². The van der Waals surface area contributed by atoms with Gasteiger partial charge in [-0.3, -0.25) is 9.59 Å². The molecule has 0 bridgehead atoms. The molecule has 0 saturated carbocycles. The molecule has 0 saturated heterocycles. The predicted octanol–water partition coefficient (Wildman–Crippen LogP) is 3.14. The number of amides is 1. The molecular formula is C20H19NO4. The predicted molar refractivity (Wildman–Crippen MR) is 94.6 cm³/mol. The maximum atomic E-state index is 12.1. The molecule has 5 nitrogen and oxygen atoms in total. The lowest BCUT2D eigenvalue weighted by atomic mass is 9.93. The summed E-state index contributed by atoms with van der Waals surface area (Å²) in [5.74, 6) is -1.24. The van der Waals surface area contributed by atoms with Gasteiger partial charge in [0.2, 0.25) is 16.9 Å². The molecular weight excluding hydrogens is 318 g/mol. The summed E-state index contributed by atoms with van der Waals surface area (Å²) in [7, 11) is 0. The second kappa shape index (κ2) is 7.66. The summed E-state index contributed by atoms with van der Waals surface area (Å²) in [6.45, 7) is 0.300. The lowest BCUT2D eigenvalue weighted by Crippen LogP contribution is -2.26. The lowest BCUT2D eigenvalue weighted by Gasteiger charge is -2.12. The van der Waals surface area contributed by atoms with E-state index in [1.54, 1.807) is 0 Å². The number of nitrogens with one attached hydrogen (secondary N) is 1. The average molecular weight is 337 g/mol. The third-order valence-corrected chi connectivity index (χ3v) is 4.20. The lowest BCUT2D eigenvalue weighted by molar-refractivity contribution is 0.0922. The van der Waals surface area contributed by atoms with E-state index in [-0.39, 0.29) is 5.76 Å². The topological polar surface area (TPSA) is 79.5 Å². The molecule has 0 spiro atoms. The minimum Gasteiger partial charge on any atom is -0.501 e. The third-order valence-electron chi connectivity index (χ3n) is 4.20. The SMILES string of the molecule is O=C(NCC1=CCC(c2ccccc2)CC=C1)c1occc(=O)c1O. The number of carbonyl (C=O) groups excluding carboxylic acids is 1. The number of carbonyl (C=O) groups is 1. The minimum absolute atomic E-state index is 0.300. The van der Waals surface area contributed by atoms with Gasteiger partial charge in [-0.15, -0.1) is 0 Å². The highest BCUT2D eigenvalue weighted by Gasteiger charge is 2.17. The minimum atomic E-state index is -0.672. The Morgan fingerprint density at radius 2 is 2.00 bits per heavy atom. The maximum Gasteiger partial charge on any atom is 0.291 e. The van der Waals surface area contributed by atoms with Gasteiger partial charge >= 0.3 is 0 Å². The molecule has 1 aromatic carbocycles. The zero-order chi connectivity index (χ0) is 17.6. The van der Waals surface area contributed by atoms with Crippen molar-refractivity contribution in [2.75, 3.05) is 6.54 Å². The van der Waals surface area contributed by atoms with Gasteiger partial charge in [0.15, 0.2) is 0 Å². The number of hydrogen-bond acceptors (Lipinski definition) is 4. The summed E-state index contributed by atoms with van der Waals surface area (Å²) >= 11 is 0. The fourth-order valence-corrected chi connectivity index (χ4v) is 2.80. The van der Waals surface area contributed by atoms with Gasteiger partial charge in [-0.05, 0) is 29.9 Å². The van der Waals surface area contributed by atoms with Gasteiger partial charge < -0.3 is 14.8 Å². The Bertz CT molecular complexity index is 865. The molecule has 1 aliphatic rings. The Morgan fingerprint density at radius 1 is 1.20 bits per heavy atom. The highest BCUT2D eigenvalue weighted by atomic mass is 16.4. The van der Waals surface area contributed by atoms with Gasteiger partial charge in [0.1, 0.15) is 0 Å². The Kier molecular flexibility index (Phi) is 5.14. The van der Waals surface area contributed by atoms with Crippen molar-refractivity contribution in [1.82, 2.24) is 5.32 Å². The highest BCUT2D eigenvalue weighted by molar-refractivity contribution is 5.93. The average Bonchev–Trinajstić information content (AvgIpc) is 2.88. The standard InChI is InChI=1S/C20H19NO4/c22-17-11-12-25-19(18(17)23)20(24)21-13-14-5-4-8-16(10-9-14)15-6-2-1-3-7-15/h1-7,9,11-12,16,23H,8,10,13H2,(H,21,24). The van der Waals surface area contributed by atoms with Crippen LogP contribution in [0.1, 0.15) is 34.9 Å². The molecule has 2 aromatic rings. The molecule has 2 N–H and O–H groups in total. The van der Waals surface area contributed by atoms with E-state index >= 15 is 0 Å². The van der Waals surface area contributed by atoms with Crippen LogP contribution in [0.15, 0.2) is 75.7 Å². The second-order valence-corrected chi connectivity index (χ2v) is 5.91. The first kappa shape index (κ1) is 16.8. The van der Waals surface area contributed by atoms with Crippen molar-refractivity contribution >= 4 is 5.91 Å². The number of aromatic hydroxyl groups is 1. The van der Waals surface area contributed by atoms with Gasteiger partial charge in [0.05, 0.1) is 6.26 Å². The molecule has 0 radical (unpaired) electrons. The van der Waals surface area contributed by atoms with E-state index in [0.29, 0.717) is 12.5 Å². The van der Waals surface area contributed by atoms with Gasteiger partial charge in [0.25, 0.3) is 5.91 Å². The third kappa shape index (κ3) is 4.07. The van der Waals surface area contributed by atoms with Crippen molar-refractivity contribution in [3.05, 3.63) is 88.0 Å². The molecule has 0 aliphatic heterocycles. The number of rotatable bonds is 4. The Labute approximate surface area is 145 Å². The summed E-state index contributed by atoms with van der Waals surface area (Å²) in [5.41, 5.74) is 1.63. The van der Waals surface area contributed by atoms with Crippen LogP contribution in [0.25, 0.3) is 0 Å². The first-order valence-electron chi connectivity index (χ1n) is 8.14. The second-order valence-electron chi connectivity index (χ2n) is 5.91. The van der Waals surface area contributed by atoms with Crippen LogP contribution in [0, 0.1) is 0 Å². The molecule has 1 aromatic heterocycles. The van der Waals surface area contributed by atoms with Crippen LogP contribution in [0.4, 0.5) is 0 Å². The first-order valence-corrected chi connectivity index (χ1v) is 8.14. The van der Waals surface area contributed by atoms with Crippen molar-refractivity contribution in [2.24, 2.45) is 0 Å². The Morgan fingerprint density at radius 3 is 2.80 bits per heavy atom. The van der Waals surface area contributed by atoms with E-state index in [1.165, 1.54) is 5.56 Å². The van der Waals surface area contributed by atoms with Crippen LogP contribution < -0.4 is 10.7 Å². The molecule has 0 fully saturated rings. The number of allylic oxidation sites excluding steroid dienone is 2. The molecule has 1 unspecified atom stereocenters. The van der Waals surface area contributed by atoms with Crippen LogP contribution in [-0.4, -0.2) is 17.6 Å². The molecule has 128 valence electrons. The maximum absolute atomic E-state index is 12.1. The van der Waals surface area contributed by atoms with E-state index in [4.69, 9.17) is 4.42 Å². The van der Waals surface area contributed by atoms with Crippen LogP contribution in [0.5, 0.6) is 5.75 Å². The molecule has 5 heteroatoms. The molecule has 1 heterocycles. The molecule has 1 atom stereocenters. The number of hydrogen-bond donors (Lipinski definition) is 2. The Balaban J connectivity index is 1.63. The summed E-state index contributed by atoms with van der Waals surface area (Å²) in [6.07, 6.45) is 9.10. The highest BCUT2D eigenvalue weighted by Crippen LogP contribution is 2.27. The summed E-state index contributed by atoms with van der Waals surface area (Å²) in [5, 5.41) is 12.3. The van der Waals surface area contributed by atoms with Crippen LogP contribution in [0.2, 0.25) is 0 Å². The summed E-state index contributed by atoms with van der Waals surface area (Å²) in [6, 6.07) is 11.4. The quantitative estimate of drug-likeness (QED) is 0.898. The zero-order valence-electron chi connectivity index (χ0n) is 13.6. The van der Waals surface area contributed by atoms with Gasteiger partial charge in [-0.25, -0.2) is 0 Å². The monoisotopic (exact) mass is 337 g/mol. The molecule has 1 amide bonds. The summed E-state index contributed by atoms with van der Waals surface area (Å²) < 4.78 is 4.94. The molecule has 1 aliphatic carbocycles. The fourth-order valence-electron chi connectivity index (χ4n) is 2.80. The molecule has 3 rings (SSSR count). The van der Waals surface area contributed by atoms with Crippen molar-refractivity contribution in [1.29, 1.82) is 0 Å². The first-order chi connectivity index (χ1) is 12.1. The van der Waals surface area contributed by atoms with E-state index in [2.05, 4.69) is 29.6 Å². The fraction of sp³-hybridized carbons (Fsp3) is 0.200. The largest absolute Gasteiger partial charge is 0.501 e. The van der Waals surface area contributed by atoms with Crippen LogP contribution in [-0.2, 0) is 0 Å². The number of benzene rings is 1. The molecule has 25 heavy (non-hydrogen) atoms. The van der Waals surface area contributed by atoms with Crippen LogP contribution in [0.3, 0.4) is 0 Å². The summed E-state index contributed by atoms with van der Waals surface area (Å²) in [4.78, 5) is 23.4. The zero-order valence-corrected chi connectivity index (χ0v) is 13.6. The van der Waals surface area contributed by atoms with Crippen molar-refractivity contribution in [3.63, 3.8) is 0 Å². The van der Waals surface area contributed by atoms with Crippen molar-refractivity contribution < 1.29 is 14.3 Å². The Hall–Kier alpha value is -3.08. The van der Waals surface area contributed by atoms with E-state index in [1.807, 2.05) is 24.3 Å². The van der Waals surface area contributed by atoms with Gasteiger partial charge in [-0.1, -0.05) is 48.6 Å². The van der Waals surface area contributed by atoms with E-state index in [9.17, 15) is 14.7 Å². The smallest absolute Gasteiger partial charge is 0.291 e. The van der Waals surface area contributed by atoms with E-state index in [0.717, 1.165) is 30.7 Å². The van der Waals surface area contributed by atoms with Crippen molar-refractivity contribution in [2.45, 2.75) is 18.8 Å². The normalized spacial score (nSPS) is 16.8. The van der Waals surface area contributed by atoms with E-state index < -0.39 is 17.1 Å². The van der Waals surface area contributed by atoms with Gasteiger partial charge in [0, 0.05) is 12.6 Å². The van der Waals surface area contributed by atoms with Crippen molar-refractivity contribution in [3.8, 4) is 5.75 Å².